The van der Waals surface area contributed by atoms with E-state index in [9.17, 15) is 14.0 Å². The van der Waals surface area contributed by atoms with Gasteiger partial charge in [0.1, 0.15) is 12.4 Å². The van der Waals surface area contributed by atoms with Crippen LogP contribution in [0.3, 0.4) is 0 Å². The Bertz CT molecular complexity index is 567. The number of benzene rings is 1. The van der Waals surface area contributed by atoms with E-state index in [2.05, 4.69) is 5.32 Å². The Balaban J connectivity index is 2.01. The maximum absolute atomic E-state index is 13.0. The zero-order chi connectivity index (χ0) is 15.6. The van der Waals surface area contributed by atoms with Crippen molar-refractivity contribution in [1.82, 2.24) is 15.1 Å². The molecule has 1 saturated heterocycles. The summed E-state index contributed by atoms with van der Waals surface area (Å²) in [7, 11) is 0. The van der Waals surface area contributed by atoms with Crippen LogP contribution in [0.4, 0.5) is 9.18 Å². The monoisotopic (exact) mass is 313 g/mol. The predicted octanol–water partition coefficient (Wildman–Crippen LogP) is 2.37. The van der Waals surface area contributed by atoms with Gasteiger partial charge in [-0.3, -0.25) is 9.69 Å². The van der Waals surface area contributed by atoms with E-state index in [0.717, 1.165) is 0 Å². The van der Waals surface area contributed by atoms with E-state index >= 15 is 0 Å². The zero-order valence-corrected chi connectivity index (χ0v) is 12.7. The molecule has 0 aromatic heterocycles. The summed E-state index contributed by atoms with van der Waals surface area (Å²) < 4.78 is 13.0. The van der Waals surface area contributed by atoms with Crippen LogP contribution >= 0.6 is 11.6 Å². The molecule has 0 radical (unpaired) electrons. The highest BCUT2D eigenvalue weighted by Crippen LogP contribution is 2.24. The number of urea groups is 1. The van der Waals surface area contributed by atoms with Gasteiger partial charge in [0.25, 0.3) is 0 Å². The number of amides is 3. The first-order valence-corrected chi connectivity index (χ1v) is 7.08. The number of hydrogen-bond acceptors (Lipinski definition) is 2. The van der Waals surface area contributed by atoms with Crippen molar-refractivity contribution in [2.75, 3.05) is 19.8 Å². The van der Waals surface area contributed by atoms with Gasteiger partial charge in [-0.05, 0) is 31.5 Å². The lowest BCUT2D eigenvalue weighted by atomic mass is 10.1. The summed E-state index contributed by atoms with van der Waals surface area (Å²) in [6, 6.07) is 3.32. The average molecular weight is 314 g/mol. The van der Waals surface area contributed by atoms with Crippen LogP contribution in [0.15, 0.2) is 18.2 Å². The van der Waals surface area contributed by atoms with Crippen LogP contribution in [-0.2, 0) is 4.79 Å². The highest BCUT2D eigenvalue weighted by atomic mass is 35.5. The number of hydrogen-bond donors (Lipinski definition) is 1. The molecule has 0 unspecified atom stereocenters. The van der Waals surface area contributed by atoms with Gasteiger partial charge in [0.15, 0.2) is 0 Å². The van der Waals surface area contributed by atoms with Crippen molar-refractivity contribution in [3.8, 4) is 0 Å². The van der Waals surface area contributed by atoms with Gasteiger partial charge < -0.3 is 10.2 Å². The fraction of sp³-hybridized carbons (Fsp3) is 0.429. The van der Waals surface area contributed by atoms with Gasteiger partial charge in [0, 0.05) is 11.6 Å². The fourth-order valence-electron chi connectivity index (χ4n) is 2.22. The van der Waals surface area contributed by atoms with Gasteiger partial charge in [0.2, 0.25) is 5.91 Å². The molecule has 0 saturated carbocycles. The number of nitrogens with zero attached hydrogens (tertiary/aromatic N) is 2. The van der Waals surface area contributed by atoms with Crippen LogP contribution in [0.25, 0.3) is 0 Å². The Kier molecular flexibility index (Phi) is 4.67. The molecule has 1 heterocycles. The molecule has 5 nitrogen and oxygen atoms in total. The lowest BCUT2D eigenvalue weighted by molar-refractivity contribution is -0.126. The van der Waals surface area contributed by atoms with E-state index in [1.165, 1.54) is 23.1 Å². The molecule has 0 aliphatic carbocycles. The largest absolute Gasteiger partial charge is 0.331 e. The highest BCUT2D eigenvalue weighted by Gasteiger charge is 2.30. The molecule has 114 valence electrons. The highest BCUT2D eigenvalue weighted by molar-refractivity contribution is 6.31. The maximum atomic E-state index is 13.0. The van der Waals surface area contributed by atoms with Crippen LogP contribution in [0.2, 0.25) is 5.02 Å². The number of carbonyl (C=O) groups excluding carboxylic acids is 2. The van der Waals surface area contributed by atoms with E-state index in [4.69, 9.17) is 11.6 Å². The van der Waals surface area contributed by atoms with Crippen molar-refractivity contribution in [1.29, 1.82) is 0 Å². The van der Waals surface area contributed by atoms with Crippen molar-refractivity contribution in [3.63, 3.8) is 0 Å². The first-order chi connectivity index (χ1) is 9.92. The lowest BCUT2D eigenvalue weighted by Crippen LogP contribution is -2.40. The molecule has 21 heavy (non-hydrogen) atoms. The molecule has 0 spiro atoms. The second-order valence-electron chi connectivity index (χ2n) is 4.93. The quantitative estimate of drug-likeness (QED) is 0.931. The molecule has 1 aromatic carbocycles. The smallest absolute Gasteiger partial charge is 0.319 e. The molecule has 1 N–H and O–H groups in total. The van der Waals surface area contributed by atoms with Crippen LogP contribution in [0.5, 0.6) is 0 Å². The third-order valence-corrected chi connectivity index (χ3v) is 3.79. The zero-order valence-electron chi connectivity index (χ0n) is 11.9. The van der Waals surface area contributed by atoms with Crippen LogP contribution in [0, 0.1) is 5.82 Å². The number of rotatable bonds is 3. The SMILES string of the molecule is CCN1CN(C(=O)N[C@H](C)c2ccc(F)cc2Cl)CC1=O. The number of carbonyl (C=O) groups is 2. The molecule has 1 aromatic rings. The summed E-state index contributed by atoms with van der Waals surface area (Å²) in [5.41, 5.74) is 0.629. The van der Waals surface area contributed by atoms with Crippen molar-refractivity contribution >= 4 is 23.5 Å². The Morgan fingerprint density at radius 3 is 2.81 bits per heavy atom. The Labute approximate surface area is 127 Å². The van der Waals surface area contributed by atoms with Gasteiger partial charge in [-0.25, -0.2) is 9.18 Å². The summed E-state index contributed by atoms with van der Waals surface area (Å²) in [5, 5.41) is 3.02. The van der Waals surface area contributed by atoms with E-state index in [1.54, 1.807) is 11.8 Å². The van der Waals surface area contributed by atoms with Gasteiger partial charge in [0.05, 0.1) is 12.7 Å². The summed E-state index contributed by atoms with van der Waals surface area (Å²) in [6.45, 7) is 4.54. The molecular weight excluding hydrogens is 297 g/mol. The van der Waals surface area contributed by atoms with Crippen LogP contribution in [-0.4, -0.2) is 41.5 Å². The second-order valence-corrected chi connectivity index (χ2v) is 5.33. The third-order valence-electron chi connectivity index (χ3n) is 3.46. The van der Waals surface area contributed by atoms with E-state index in [0.29, 0.717) is 12.1 Å². The molecule has 2 rings (SSSR count). The van der Waals surface area contributed by atoms with Gasteiger partial charge in [-0.2, -0.15) is 0 Å². The van der Waals surface area contributed by atoms with Crippen molar-refractivity contribution < 1.29 is 14.0 Å². The number of likely N-dealkylation sites (N-methyl/N-ethyl adjacent to an activating group) is 1. The molecule has 7 heteroatoms. The lowest BCUT2D eigenvalue weighted by Gasteiger charge is -2.21. The molecular formula is C14H17ClFN3O2. The van der Waals surface area contributed by atoms with Gasteiger partial charge in [-0.1, -0.05) is 17.7 Å². The molecule has 1 aliphatic rings. The Morgan fingerprint density at radius 2 is 2.24 bits per heavy atom. The molecule has 1 aliphatic heterocycles. The standard InChI is InChI=1S/C14H17ClFN3O2/c1-3-18-8-19(7-13(18)20)14(21)17-9(2)11-5-4-10(16)6-12(11)15/h4-6,9H,3,7-8H2,1-2H3,(H,17,21)/t9-/m1/s1. The summed E-state index contributed by atoms with van der Waals surface area (Å²) >= 11 is 5.97. The van der Waals surface area contributed by atoms with Crippen molar-refractivity contribution in [3.05, 3.63) is 34.6 Å². The van der Waals surface area contributed by atoms with Crippen molar-refractivity contribution in [2.45, 2.75) is 19.9 Å². The topological polar surface area (TPSA) is 52.6 Å². The first kappa shape index (κ1) is 15.6. The van der Waals surface area contributed by atoms with E-state index in [-0.39, 0.29) is 36.2 Å². The van der Waals surface area contributed by atoms with Crippen LogP contribution in [0.1, 0.15) is 25.5 Å². The van der Waals surface area contributed by atoms with E-state index in [1.807, 2.05) is 6.92 Å². The maximum Gasteiger partial charge on any atom is 0.319 e. The van der Waals surface area contributed by atoms with E-state index < -0.39 is 5.82 Å². The number of nitrogens with one attached hydrogen (secondary N) is 1. The first-order valence-electron chi connectivity index (χ1n) is 6.70. The summed E-state index contributed by atoms with van der Waals surface area (Å²) in [6.07, 6.45) is 0. The molecule has 0 bridgehead atoms. The predicted molar refractivity (Wildman–Crippen MR) is 77.3 cm³/mol. The minimum atomic E-state index is -0.425. The Hall–Kier alpha value is -1.82. The summed E-state index contributed by atoms with van der Waals surface area (Å²) in [5.74, 6) is -0.494. The minimum absolute atomic E-state index is 0.0693. The van der Waals surface area contributed by atoms with Gasteiger partial charge >= 0.3 is 6.03 Å². The average Bonchev–Trinajstić information content (AvgIpc) is 2.79. The third kappa shape index (κ3) is 3.44. The molecule has 1 fully saturated rings. The molecule has 3 amide bonds. The summed E-state index contributed by atoms with van der Waals surface area (Å²) in [4.78, 5) is 26.8. The second kappa shape index (κ2) is 6.30. The molecule has 1 atom stereocenters. The number of halogens is 2. The van der Waals surface area contributed by atoms with Crippen LogP contribution < -0.4 is 5.32 Å². The van der Waals surface area contributed by atoms with Gasteiger partial charge in [-0.15, -0.1) is 0 Å². The normalized spacial score (nSPS) is 16.3. The van der Waals surface area contributed by atoms with Crippen molar-refractivity contribution in [2.24, 2.45) is 0 Å². The fourth-order valence-corrected chi connectivity index (χ4v) is 2.55. The minimum Gasteiger partial charge on any atom is -0.331 e. The Morgan fingerprint density at radius 1 is 1.52 bits per heavy atom.